The van der Waals surface area contributed by atoms with Crippen LogP contribution in [0.1, 0.15) is 40.0 Å². The lowest BCUT2D eigenvalue weighted by molar-refractivity contribution is 0.0274. The van der Waals surface area contributed by atoms with E-state index in [-0.39, 0.29) is 11.5 Å². The van der Waals surface area contributed by atoms with Crippen LogP contribution in [-0.2, 0) is 0 Å². The van der Waals surface area contributed by atoms with Gasteiger partial charge in [-0.3, -0.25) is 4.98 Å². The molecule has 0 radical (unpaired) electrons. The van der Waals surface area contributed by atoms with Gasteiger partial charge >= 0.3 is 0 Å². The zero-order valence-corrected chi connectivity index (χ0v) is 17.3. The van der Waals surface area contributed by atoms with Gasteiger partial charge in [-0.25, -0.2) is 9.97 Å². The fourth-order valence-corrected chi connectivity index (χ4v) is 5.31. The Hall–Kier alpha value is -2.75. The van der Waals surface area contributed by atoms with Gasteiger partial charge in [0.1, 0.15) is 6.10 Å². The molecule has 0 amide bonds. The Bertz CT molecular complexity index is 1030. The summed E-state index contributed by atoms with van der Waals surface area (Å²) in [7, 11) is 0. The van der Waals surface area contributed by atoms with E-state index in [2.05, 4.69) is 25.8 Å². The second-order valence-electron chi connectivity index (χ2n) is 9.20. The fraction of sp³-hybridized carbons (Fsp3) is 0.400. The van der Waals surface area contributed by atoms with E-state index in [4.69, 9.17) is 14.7 Å². The van der Waals surface area contributed by atoms with E-state index in [1.165, 1.54) is 12.8 Å². The van der Waals surface area contributed by atoms with E-state index in [1.807, 2.05) is 54.6 Å². The third kappa shape index (κ3) is 2.93. The van der Waals surface area contributed by atoms with Crippen LogP contribution in [0.25, 0.3) is 22.8 Å². The molecule has 0 saturated heterocycles. The molecule has 148 valence electrons. The average molecular weight is 386 g/mol. The normalized spacial score (nSPS) is 27.1. The van der Waals surface area contributed by atoms with E-state index in [9.17, 15) is 0 Å². The highest BCUT2D eigenvalue weighted by Crippen LogP contribution is 2.66. The lowest BCUT2D eigenvalue weighted by atomic mass is 9.70. The minimum atomic E-state index is 0.215. The van der Waals surface area contributed by atoms with Crippen molar-refractivity contribution in [3.8, 4) is 28.7 Å². The minimum Gasteiger partial charge on any atom is -0.474 e. The summed E-state index contributed by atoms with van der Waals surface area (Å²) in [5.74, 6) is 1.44. The first-order valence-electron chi connectivity index (χ1n) is 10.5. The van der Waals surface area contributed by atoms with E-state index in [1.54, 1.807) is 6.20 Å². The van der Waals surface area contributed by atoms with Crippen molar-refractivity contribution >= 4 is 0 Å². The van der Waals surface area contributed by atoms with Gasteiger partial charge in [0.25, 0.3) is 0 Å². The summed E-state index contributed by atoms with van der Waals surface area (Å²) >= 11 is 0. The van der Waals surface area contributed by atoms with Crippen LogP contribution in [0.2, 0.25) is 0 Å². The summed E-state index contributed by atoms with van der Waals surface area (Å²) in [6, 6.07) is 17.8. The van der Waals surface area contributed by atoms with E-state index in [0.29, 0.717) is 11.3 Å². The van der Waals surface area contributed by atoms with Gasteiger partial charge in [-0.05, 0) is 60.9 Å². The van der Waals surface area contributed by atoms with Crippen LogP contribution in [0.5, 0.6) is 5.88 Å². The second-order valence-corrected chi connectivity index (χ2v) is 9.20. The van der Waals surface area contributed by atoms with E-state index >= 15 is 0 Å². The predicted octanol–water partition coefficient (Wildman–Crippen LogP) is 5.80. The average Bonchev–Trinajstić information content (AvgIpc) is 3.08. The topological polar surface area (TPSA) is 47.9 Å². The number of rotatable bonds is 4. The Morgan fingerprint density at radius 1 is 0.828 bits per heavy atom. The van der Waals surface area contributed by atoms with Crippen LogP contribution in [0, 0.1) is 16.7 Å². The molecule has 5 rings (SSSR count). The Kier molecular flexibility index (Phi) is 4.19. The molecule has 0 N–H and O–H groups in total. The van der Waals surface area contributed by atoms with Crippen LogP contribution < -0.4 is 4.74 Å². The van der Waals surface area contributed by atoms with Crippen LogP contribution in [0.4, 0.5) is 0 Å². The lowest BCUT2D eigenvalue weighted by Gasteiger charge is -2.38. The highest BCUT2D eigenvalue weighted by atomic mass is 16.5. The van der Waals surface area contributed by atoms with E-state index in [0.717, 1.165) is 35.1 Å². The first-order valence-corrected chi connectivity index (χ1v) is 10.5. The summed E-state index contributed by atoms with van der Waals surface area (Å²) in [5.41, 5.74) is 3.91. The van der Waals surface area contributed by atoms with Gasteiger partial charge in [0.05, 0.1) is 22.8 Å². The van der Waals surface area contributed by atoms with Gasteiger partial charge in [-0.2, -0.15) is 0 Å². The smallest absolute Gasteiger partial charge is 0.214 e. The van der Waals surface area contributed by atoms with Crippen molar-refractivity contribution in [3.05, 3.63) is 60.8 Å². The molecule has 0 unspecified atom stereocenters. The minimum absolute atomic E-state index is 0.215. The number of ether oxygens (including phenoxy) is 1. The van der Waals surface area contributed by atoms with Crippen molar-refractivity contribution in [3.63, 3.8) is 0 Å². The van der Waals surface area contributed by atoms with Crippen LogP contribution in [-0.4, -0.2) is 21.1 Å². The molecule has 29 heavy (non-hydrogen) atoms. The number of pyridine rings is 3. The Labute approximate surface area is 172 Å². The summed E-state index contributed by atoms with van der Waals surface area (Å²) in [5, 5.41) is 0. The molecule has 3 aromatic rings. The first kappa shape index (κ1) is 18.3. The van der Waals surface area contributed by atoms with Crippen molar-refractivity contribution < 1.29 is 4.74 Å². The largest absolute Gasteiger partial charge is 0.474 e. The molecule has 3 heterocycles. The molecule has 4 nitrogen and oxygen atoms in total. The lowest BCUT2D eigenvalue weighted by Crippen LogP contribution is -2.39. The van der Waals surface area contributed by atoms with Crippen LogP contribution in [0.3, 0.4) is 0 Å². The van der Waals surface area contributed by atoms with Gasteiger partial charge in [0.15, 0.2) is 0 Å². The molecule has 2 aliphatic carbocycles. The molecule has 3 atom stereocenters. The highest BCUT2D eigenvalue weighted by molar-refractivity contribution is 5.61. The van der Waals surface area contributed by atoms with Crippen LogP contribution >= 0.6 is 0 Å². The van der Waals surface area contributed by atoms with Gasteiger partial charge in [0.2, 0.25) is 5.88 Å². The SMILES string of the molecule is CC1(C)[C@H]2CC[C@]1(C)[C@H](Oc1cccc(-c3cccc(-c4ccccn4)n3)n1)C2. The quantitative estimate of drug-likeness (QED) is 0.569. The highest BCUT2D eigenvalue weighted by Gasteiger charge is 2.62. The summed E-state index contributed by atoms with van der Waals surface area (Å²) < 4.78 is 6.47. The zero-order chi connectivity index (χ0) is 20.1. The first-order chi connectivity index (χ1) is 14.0. The standard InChI is InChI=1S/C25H27N3O/c1-24(2)17-13-14-25(24,3)22(16-17)29-23-12-7-11-21(28-23)20-10-6-9-19(27-20)18-8-4-5-15-26-18/h4-12,15,17,22H,13-14,16H2,1-3H3/t17-,22+,25+/m0/s1. The molecule has 0 aliphatic heterocycles. The van der Waals surface area contributed by atoms with Gasteiger partial charge in [-0.15, -0.1) is 0 Å². The maximum Gasteiger partial charge on any atom is 0.214 e. The molecule has 2 fully saturated rings. The van der Waals surface area contributed by atoms with Gasteiger partial charge < -0.3 is 4.74 Å². The van der Waals surface area contributed by atoms with Crippen molar-refractivity contribution in [1.29, 1.82) is 0 Å². The number of hydrogen-bond donors (Lipinski definition) is 0. The monoisotopic (exact) mass is 385 g/mol. The Balaban J connectivity index is 1.42. The number of fused-ring (bicyclic) bond motifs is 2. The molecule has 2 bridgehead atoms. The molecule has 4 heteroatoms. The van der Waals surface area contributed by atoms with Crippen molar-refractivity contribution in [2.24, 2.45) is 16.7 Å². The molecule has 2 saturated carbocycles. The fourth-order valence-electron chi connectivity index (χ4n) is 5.31. The third-order valence-electron chi connectivity index (χ3n) is 7.64. The van der Waals surface area contributed by atoms with Crippen molar-refractivity contribution in [2.45, 2.75) is 46.1 Å². The number of nitrogens with zero attached hydrogens (tertiary/aromatic N) is 3. The van der Waals surface area contributed by atoms with Crippen LogP contribution in [0.15, 0.2) is 60.8 Å². The maximum absolute atomic E-state index is 6.47. The molecule has 3 aromatic heterocycles. The van der Waals surface area contributed by atoms with Crippen molar-refractivity contribution in [1.82, 2.24) is 15.0 Å². The third-order valence-corrected chi connectivity index (χ3v) is 7.64. The van der Waals surface area contributed by atoms with Gasteiger partial charge in [-0.1, -0.05) is 39.0 Å². The summed E-state index contributed by atoms with van der Waals surface area (Å²) in [6.07, 6.45) is 5.70. The van der Waals surface area contributed by atoms with Gasteiger partial charge in [0, 0.05) is 17.7 Å². The van der Waals surface area contributed by atoms with E-state index < -0.39 is 0 Å². The molecule has 0 spiro atoms. The number of aromatic nitrogens is 3. The second kappa shape index (κ2) is 6.65. The predicted molar refractivity (Wildman–Crippen MR) is 114 cm³/mol. The number of hydrogen-bond acceptors (Lipinski definition) is 4. The molecular formula is C25H27N3O. The maximum atomic E-state index is 6.47. The summed E-state index contributed by atoms with van der Waals surface area (Å²) in [4.78, 5) is 14.0. The molecule has 2 aliphatic rings. The zero-order valence-electron chi connectivity index (χ0n) is 17.3. The summed E-state index contributed by atoms with van der Waals surface area (Å²) in [6.45, 7) is 7.21. The Morgan fingerprint density at radius 2 is 1.52 bits per heavy atom. The molecular weight excluding hydrogens is 358 g/mol. The molecule has 0 aromatic carbocycles. The van der Waals surface area contributed by atoms with Crippen molar-refractivity contribution in [2.75, 3.05) is 0 Å². The Morgan fingerprint density at radius 3 is 2.17 bits per heavy atom.